The number of carbonyl (C=O) groups excluding carboxylic acids is 2. The van der Waals surface area contributed by atoms with Gasteiger partial charge in [0.15, 0.2) is 0 Å². The fraction of sp³-hybridized carbons (Fsp3) is 0.0833. The predicted molar refractivity (Wildman–Crippen MR) is 107 cm³/mol. The van der Waals surface area contributed by atoms with Crippen molar-refractivity contribution >= 4 is 23.0 Å². The summed E-state index contributed by atoms with van der Waals surface area (Å²) < 4.78 is 13.9. The Morgan fingerprint density at radius 2 is 1.11 bits per heavy atom. The van der Waals surface area contributed by atoms with Crippen LogP contribution in [0.25, 0.3) is 11.1 Å². The molecule has 0 aromatic heterocycles. The van der Waals surface area contributed by atoms with E-state index in [0.29, 0.717) is 27.8 Å². The highest BCUT2D eigenvalue weighted by Gasteiger charge is 2.39. The van der Waals surface area contributed by atoms with Crippen molar-refractivity contribution in [1.82, 2.24) is 4.90 Å². The molecular weight excluding hydrogens is 353 g/mol. The highest BCUT2D eigenvalue weighted by atomic mass is 19.1. The molecule has 4 rings (SSSR count). The van der Waals surface area contributed by atoms with Gasteiger partial charge in [-0.3, -0.25) is 14.5 Å². The van der Waals surface area contributed by atoms with E-state index in [1.807, 2.05) is 60.7 Å². The second kappa shape index (κ2) is 7.61. The van der Waals surface area contributed by atoms with Gasteiger partial charge in [-0.1, -0.05) is 78.9 Å². The lowest BCUT2D eigenvalue weighted by Gasteiger charge is -2.15. The summed E-state index contributed by atoms with van der Waals surface area (Å²) in [5, 5.41) is 0. The molecule has 0 N–H and O–H groups in total. The molecule has 0 atom stereocenters. The summed E-state index contributed by atoms with van der Waals surface area (Å²) in [4.78, 5) is 27.5. The van der Waals surface area contributed by atoms with E-state index in [9.17, 15) is 14.0 Å². The lowest BCUT2D eigenvalue weighted by atomic mass is 9.96. The molecule has 1 heterocycles. The van der Waals surface area contributed by atoms with Crippen LogP contribution in [0.15, 0.2) is 84.9 Å². The van der Waals surface area contributed by atoms with Crippen molar-refractivity contribution in [2.45, 2.75) is 6.42 Å². The Bertz CT molecular complexity index is 997. The fourth-order valence-electron chi connectivity index (χ4n) is 3.46. The molecule has 28 heavy (non-hydrogen) atoms. The summed E-state index contributed by atoms with van der Waals surface area (Å²) in [6, 6.07) is 24.8. The molecule has 0 aliphatic carbocycles. The highest BCUT2D eigenvalue weighted by Crippen LogP contribution is 2.35. The van der Waals surface area contributed by atoms with Crippen LogP contribution in [0.3, 0.4) is 0 Å². The van der Waals surface area contributed by atoms with E-state index < -0.39 is 0 Å². The van der Waals surface area contributed by atoms with Gasteiger partial charge in [0, 0.05) is 6.54 Å². The monoisotopic (exact) mass is 371 g/mol. The van der Waals surface area contributed by atoms with Crippen molar-refractivity contribution in [3.05, 3.63) is 107 Å². The quantitative estimate of drug-likeness (QED) is 0.626. The largest absolute Gasteiger partial charge is 0.274 e. The Morgan fingerprint density at radius 1 is 0.643 bits per heavy atom. The molecule has 3 aromatic carbocycles. The number of nitrogens with zero attached hydrogens (tertiary/aromatic N) is 1. The van der Waals surface area contributed by atoms with Crippen LogP contribution in [0.5, 0.6) is 0 Å². The molecule has 1 aliphatic heterocycles. The normalized spacial score (nSPS) is 14.1. The van der Waals surface area contributed by atoms with Gasteiger partial charge in [-0.05, 0) is 29.2 Å². The number of carbonyl (C=O) groups is 2. The minimum absolute atomic E-state index is 0.130. The number of benzene rings is 3. The SMILES string of the molecule is O=C1C(c2ccccc2)=C(c2ccccc2)C(=O)N1CCc1ccccc1F. The third-order valence-electron chi connectivity index (χ3n) is 4.86. The third-order valence-corrected chi connectivity index (χ3v) is 4.86. The third kappa shape index (κ3) is 3.25. The van der Waals surface area contributed by atoms with Crippen LogP contribution in [0.1, 0.15) is 16.7 Å². The van der Waals surface area contributed by atoms with Crippen LogP contribution in [0.2, 0.25) is 0 Å². The summed E-state index contributed by atoms with van der Waals surface area (Å²) >= 11 is 0. The Hall–Kier alpha value is -3.53. The molecular formula is C24H18FNO2. The minimum Gasteiger partial charge on any atom is -0.274 e. The van der Waals surface area contributed by atoms with Gasteiger partial charge in [-0.2, -0.15) is 0 Å². The van der Waals surface area contributed by atoms with Crippen LogP contribution < -0.4 is 0 Å². The van der Waals surface area contributed by atoms with Gasteiger partial charge < -0.3 is 0 Å². The first-order valence-corrected chi connectivity index (χ1v) is 9.11. The van der Waals surface area contributed by atoms with Crippen molar-refractivity contribution < 1.29 is 14.0 Å². The first-order chi connectivity index (χ1) is 13.7. The van der Waals surface area contributed by atoms with Crippen molar-refractivity contribution in [3.8, 4) is 0 Å². The van der Waals surface area contributed by atoms with Gasteiger partial charge in [-0.25, -0.2) is 4.39 Å². The van der Waals surface area contributed by atoms with E-state index >= 15 is 0 Å². The van der Waals surface area contributed by atoms with Gasteiger partial charge in [0.05, 0.1) is 11.1 Å². The molecule has 0 fully saturated rings. The Morgan fingerprint density at radius 3 is 1.61 bits per heavy atom. The molecule has 0 spiro atoms. The maximum atomic E-state index is 13.9. The fourth-order valence-corrected chi connectivity index (χ4v) is 3.46. The number of imide groups is 1. The van der Waals surface area contributed by atoms with E-state index in [-0.39, 0.29) is 30.6 Å². The molecule has 138 valence electrons. The second-order valence-electron chi connectivity index (χ2n) is 6.59. The van der Waals surface area contributed by atoms with Gasteiger partial charge >= 0.3 is 0 Å². The molecule has 1 aliphatic rings. The molecule has 0 saturated heterocycles. The van der Waals surface area contributed by atoms with E-state index in [0.717, 1.165) is 0 Å². The second-order valence-corrected chi connectivity index (χ2v) is 6.59. The molecule has 4 heteroatoms. The standard InChI is InChI=1S/C24H18FNO2/c25-20-14-8-7-9-17(20)15-16-26-23(27)21(18-10-3-1-4-11-18)22(24(26)28)19-12-5-2-6-13-19/h1-14H,15-16H2. The summed E-state index contributed by atoms with van der Waals surface area (Å²) in [5.41, 5.74) is 2.68. The minimum atomic E-state index is -0.341. The molecule has 3 aromatic rings. The molecule has 2 amide bonds. The van der Waals surface area contributed by atoms with Crippen LogP contribution >= 0.6 is 0 Å². The number of amides is 2. The molecule has 0 bridgehead atoms. The maximum Gasteiger partial charge on any atom is 0.262 e. The zero-order chi connectivity index (χ0) is 19.5. The van der Waals surface area contributed by atoms with Crippen LogP contribution in [-0.4, -0.2) is 23.3 Å². The van der Waals surface area contributed by atoms with Gasteiger partial charge in [0.2, 0.25) is 0 Å². The van der Waals surface area contributed by atoms with Crippen molar-refractivity contribution in [3.63, 3.8) is 0 Å². The van der Waals surface area contributed by atoms with Crippen molar-refractivity contribution in [2.24, 2.45) is 0 Å². The lowest BCUT2D eigenvalue weighted by Crippen LogP contribution is -2.33. The zero-order valence-electron chi connectivity index (χ0n) is 15.1. The number of halogens is 1. The zero-order valence-corrected chi connectivity index (χ0v) is 15.1. The van der Waals surface area contributed by atoms with Gasteiger partial charge in [0.1, 0.15) is 5.82 Å². The van der Waals surface area contributed by atoms with Crippen LogP contribution in [0, 0.1) is 5.82 Å². The summed E-state index contributed by atoms with van der Waals surface area (Å²) in [5.74, 6) is -1.01. The predicted octanol–water partition coefficient (Wildman–Crippen LogP) is 4.35. The van der Waals surface area contributed by atoms with Gasteiger partial charge in [0.25, 0.3) is 11.8 Å². The number of hydrogen-bond acceptors (Lipinski definition) is 2. The molecule has 0 radical (unpaired) electrons. The Kier molecular flexibility index (Phi) is 4.85. The average molecular weight is 371 g/mol. The maximum absolute atomic E-state index is 13.9. The average Bonchev–Trinajstić information content (AvgIpc) is 2.98. The lowest BCUT2D eigenvalue weighted by molar-refractivity contribution is -0.135. The van der Waals surface area contributed by atoms with Crippen molar-refractivity contribution in [1.29, 1.82) is 0 Å². The van der Waals surface area contributed by atoms with E-state index in [1.165, 1.54) is 11.0 Å². The number of hydrogen-bond donors (Lipinski definition) is 0. The van der Waals surface area contributed by atoms with Crippen LogP contribution in [-0.2, 0) is 16.0 Å². The molecule has 3 nitrogen and oxygen atoms in total. The van der Waals surface area contributed by atoms with Gasteiger partial charge in [-0.15, -0.1) is 0 Å². The first-order valence-electron chi connectivity index (χ1n) is 9.11. The van der Waals surface area contributed by atoms with Crippen LogP contribution in [0.4, 0.5) is 4.39 Å². The highest BCUT2D eigenvalue weighted by molar-refractivity contribution is 6.48. The Labute approximate surface area is 162 Å². The topological polar surface area (TPSA) is 37.4 Å². The van der Waals surface area contributed by atoms with E-state index in [2.05, 4.69) is 0 Å². The summed E-state index contributed by atoms with van der Waals surface area (Å²) in [6.45, 7) is 0.130. The molecule has 0 saturated carbocycles. The molecule has 0 unspecified atom stereocenters. The summed E-state index contributed by atoms with van der Waals surface area (Å²) in [6.07, 6.45) is 0.272. The first kappa shape index (κ1) is 17.9. The van der Waals surface area contributed by atoms with Crippen molar-refractivity contribution in [2.75, 3.05) is 6.54 Å². The Balaban J connectivity index is 1.71. The summed E-state index contributed by atoms with van der Waals surface area (Å²) in [7, 11) is 0. The number of rotatable bonds is 5. The van der Waals surface area contributed by atoms with E-state index in [4.69, 9.17) is 0 Å². The van der Waals surface area contributed by atoms with E-state index in [1.54, 1.807) is 18.2 Å². The smallest absolute Gasteiger partial charge is 0.262 e.